The second kappa shape index (κ2) is 10.7. The van der Waals surface area contributed by atoms with E-state index in [1.807, 2.05) is 0 Å². The summed E-state index contributed by atoms with van der Waals surface area (Å²) in [7, 11) is -2.75. The molecule has 0 nitrogen and oxygen atoms in total. The van der Waals surface area contributed by atoms with Crippen LogP contribution in [0.1, 0.15) is 161 Å². The van der Waals surface area contributed by atoms with Gasteiger partial charge in [0.25, 0.3) is 0 Å². The van der Waals surface area contributed by atoms with E-state index in [-0.39, 0.29) is 0 Å². The van der Waals surface area contributed by atoms with Crippen LogP contribution in [-0.2, 0) is 0 Å². The topological polar surface area (TPSA) is 0 Å². The molecule has 0 atom stereocenters. The van der Waals surface area contributed by atoms with Crippen LogP contribution in [0.5, 0.6) is 0 Å². The molecule has 0 saturated heterocycles. The molecule has 0 bridgehead atoms. The number of hydrogen-bond acceptors (Lipinski definition) is 0. The molecule has 0 aromatic carbocycles. The van der Waals surface area contributed by atoms with E-state index in [0.29, 0.717) is 0 Å². The fraction of sp³-hybridized carbons (Fsp3) is 1.00. The van der Waals surface area contributed by atoms with Gasteiger partial charge in [-0.25, -0.2) is 0 Å². The third kappa shape index (κ3) is 3.92. The van der Waals surface area contributed by atoms with Crippen LogP contribution < -0.4 is 0 Å². The van der Waals surface area contributed by atoms with Gasteiger partial charge in [-0.3, -0.25) is 0 Å². The highest BCUT2D eigenvalue weighted by Crippen LogP contribution is 2.71. The molecule has 6 saturated carbocycles. The molecule has 2 heteroatoms. The van der Waals surface area contributed by atoms with Gasteiger partial charge < -0.3 is 0 Å². The summed E-state index contributed by atoms with van der Waals surface area (Å²) in [6.07, 6.45) is 39.6. The van der Waals surface area contributed by atoms with Gasteiger partial charge in [0.05, 0.1) is 16.1 Å². The molecule has 6 rings (SSSR count). The van der Waals surface area contributed by atoms with Gasteiger partial charge in [-0.05, 0) is 33.2 Å². The minimum Gasteiger partial charge on any atom is -0.0672 e. The van der Waals surface area contributed by atoms with Gasteiger partial charge >= 0.3 is 0 Å². The first kappa shape index (κ1) is 24.8. The normalized spacial score (nSPS) is 30.2. The summed E-state index contributed by atoms with van der Waals surface area (Å²) in [4.78, 5) is 0. The molecule has 194 valence electrons. The van der Waals surface area contributed by atoms with Gasteiger partial charge in [0.2, 0.25) is 0 Å². The van der Waals surface area contributed by atoms with Crippen LogP contribution in [0.2, 0.25) is 38.4 Å². The summed E-state index contributed by atoms with van der Waals surface area (Å²) in [5.74, 6) is 0. The van der Waals surface area contributed by atoms with Crippen molar-refractivity contribution in [3.8, 4) is 0 Å². The SMILES string of the molecule is CC([Si](C1CCCC1)(C1CCCC1)C1CCCC1)[Si](C1CCCC1)(C1CCCC1)C1CCCC1. The van der Waals surface area contributed by atoms with E-state index in [1.54, 1.807) is 154 Å². The van der Waals surface area contributed by atoms with Crippen molar-refractivity contribution in [1.82, 2.24) is 0 Å². The van der Waals surface area contributed by atoms with E-state index in [9.17, 15) is 0 Å². The molecule has 0 heterocycles. The fourth-order valence-corrected chi connectivity index (χ4v) is 37.5. The molecule has 34 heavy (non-hydrogen) atoms. The second-order valence-electron chi connectivity index (χ2n) is 14.6. The highest BCUT2D eigenvalue weighted by molar-refractivity contribution is 7.03. The van der Waals surface area contributed by atoms with Crippen LogP contribution >= 0.6 is 0 Å². The van der Waals surface area contributed by atoms with Crippen LogP contribution in [-0.4, -0.2) is 16.1 Å². The smallest absolute Gasteiger partial charge is 0.0631 e. The number of rotatable bonds is 8. The maximum Gasteiger partial charge on any atom is 0.0631 e. The summed E-state index contributed by atoms with van der Waals surface area (Å²) >= 11 is 0. The standard InChI is InChI=1S/C32H58Si2/c1-26(33(27-14-2-3-15-27,28-16-4-5-17-28)29-18-6-7-19-29)34(30-20-8-9-21-30,31-22-10-11-23-31)32-24-12-13-25-32/h26-32H,2-25H2,1H3. The predicted molar refractivity (Wildman–Crippen MR) is 154 cm³/mol. The minimum atomic E-state index is -1.38. The Morgan fingerprint density at radius 3 is 0.618 bits per heavy atom. The Morgan fingerprint density at radius 1 is 0.324 bits per heavy atom. The molecule has 0 spiro atoms. The Kier molecular flexibility index (Phi) is 7.76. The average molecular weight is 499 g/mol. The highest BCUT2D eigenvalue weighted by atomic mass is 28.4. The highest BCUT2D eigenvalue weighted by Gasteiger charge is 2.66. The zero-order valence-corrected chi connectivity index (χ0v) is 25.0. The molecule has 0 radical (unpaired) electrons. The Morgan fingerprint density at radius 2 is 0.471 bits per heavy atom. The van der Waals surface area contributed by atoms with Crippen molar-refractivity contribution in [2.45, 2.75) is 199 Å². The van der Waals surface area contributed by atoms with Crippen LogP contribution in [0, 0.1) is 0 Å². The lowest BCUT2D eigenvalue weighted by molar-refractivity contribution is 0.617. The summed E-state index contributed by atoms with van der Waals surface area (Å²) in [6, 6.07) is 0. The molecule has 6 aliphatic rings. The zero-order chi connectivity index (χ0) is 23.0. The van der Waals surface area contributed by atoms with E-state index >= 15 is 0 Å². The van der Waals surface area contributed by atoms with Crippen LogP contribution in [0.3, 0.4) is 0 Å². The summed E-state index contributed by atoms with van der Waals surface area (Å²) in [6.45, 7) is 3.11. The van der Waals surface area contributed by atoms with E-state index in [2.05, 4.69) is 6.92 Å². The van der Waals surface area contributed by atoms with Crippen molar-refractivity contribution in [2.24, 2.45) is 0 Å². The molecule has 0 N–H and O–H groups in total. The molecule has 0 aliphatic heterocycles. The summed E-state index contributed by atoms with van der Waals surface area (Å²) in [5.41, 5.74) is 7.53. The molecular weight excluding hydrogens is 441 g/mol. The lowest BCUT2D eigenvalue weighted by Crippen LogP contribution is -2.64. The maximum atomic E-state index is 3.11. The maximum absolute atomic E-state index is 3.11. The van der Waals surface area contributed by atoms with Gasteiger partial charge in [0.1, 0.15) is 0 Å². The Bertz CT molecular complexity index is 498. The van der Waals surface area contributed by atoms with E-state index in [1.165, 1.54) is 38.4 Å². The van der Waals surface area contributed by atoms with Crippen LogP contribution in [0.15, 0.2) is 0 Å². The lowest BCUT2D eigenvalue weighted by atomic mass is 10.3. The Labute approximate surface area is 215 Å². The van der Waals surface area contributed by atoms with Crippen LogP contribution in [0.4, 0.5) is 0 Å². The molecule has 0 aromatic rings. The van der Waals surface area contributed by atoms with E-state index < -0.39 is 16.1 Å². The number of hydrogen-bond donors (Lipinski definition) is 0. The zero-order valence-electron chi connectivity index (χ0n) is 23.0. The first-order valence-corrected chi connectivity index (χ1v) is 21.4. The van der Waals surface area contributed by atoms with Gasteiger partial charge in [0.15, 0.2) is 0 Å². The van der Waals surface area contributed by atoms with Crippen molar-refractivity contribution in [1.29, 1.82) is 0 Å². The molecule has 0 amide bonds. The van der Waals surface area contributed by atoms with Gasteiger partial charge in [-0.1, -0.05) is 166 Å². The third-order valence-electron chi connectivity index (χ3n) is 13.9. The monoisotopic (exact) mass is 498 g/mol. The van der Waals surface area contributed by atoms with Crippen molar-refractivity contribution in [3.05, 3.63) is 0 Å². The molecule has 6 aliphatic carbocycles. The van der Waals surface area contributed by atoms with E-state index in [4.69, 9.17) is 0 Å². The summed E-state index contributed by atoms with van der Waals surface area (Å²) < 4.78 is 0. The molecule has 6 fully saturated rings. The predicted octanol–water partition coefficient (Wildman–Crippen LogP) is 11.5. The molecule has 0 unspecified atom stereocenters. The average Bonchev–Trinajstić information content (AvgIpc) is 3.71. The third-order valence-corrected chi connectivity index (χ3v) is 31.8. The first-order valence-electron chi connectivity index (χ1n) is 16.8. The largest absolute Gasteiger partial charge is 0.0672 e. The van der Waals surface area contributed by atoms with Crippen molar-refractivity contribution < 1.29 is 0 Å². The van der Waals surface area contributed by atoms with Crippen molar-refractivity contribution in [3.63, 3.8) is 0 Å². The van der Waals surface area contributed by atoms with E-state index in [0.717, 1.165) is 0 Å². The Balaban J connectivity index is 1.52. The minimum absolute atomic E-state index is 1.25. The quantitative estimate of drug-likeness (QED) is 0.292. The second-order valence-corrected chi connectivity index (χ2v) is 25.8. The van der Waals surface area contributed by atoms with Gasteiger partial charge in [0, 0.05) is 0 Å². The summed E-state index contributed by atoms with van der Waals surface area (Å²) in [5, 5.41) is 1.28. The first-order chi connectivity index (χ1) is 16.8. The molecular formula is C32H58Si2. The Hall–Kier alpha value is 0.434. The van der Waals surface area contributed by atoms with Crippen molar-refractivity contribution in [2.75, 3.05) is 0 Å². The van der Waals surface area contributed by atoms with Gasteiger partial charge in [-0.2, -0.15) is 0 Å². The van der Waals surface area contributed by atoms with Crippen LogP contribution in [0.25, 0.3) is 0 Å². The van der Waals surface area contributed by atoms with Crippen molar-refractivity contribution >= 4 is 16.1 Å². The lowest BCUT2D eigenvalue weighted by Gasteiger charge is -2.62. The molecule has 0 aromatic heterocycles. The van der Waals surface area contributed by atoms with Gasteiger partial charge in [-0.15, -0.1) is 0 Å². The fourth-order valence-electron chi connectivity index (χ4n) is 13.1.